The van der Waals surface area contributed by atoms with Crippen molar-refractivity contribution in [1.29, 1.82) is 0 Å². The molecule has 0 radical (unpaired) electrons. The summed E-state index contributed by atoms with van der Waals surface area (Å²) in [6, 6.07) is 26.8. The number of rotatable bonds is 3. The minimum absolute atomic E-state index is 0.122. The number of amides is 1. The number of fused-ring (bicyclic) bond motifs is 1. The van der Waals surface area contributed by atoms with Crippen molar-refractivity contribution in [3.05, 3.63) is 108 Å². The Balaban J connectivity index is 1.56. The first-order valence-electron chi connectivity index (χ1n) is 9.53. The van der Waals surface area contributed by atoms with Crippen molar-refractivity contribution in [1.82, 2.24) is 15.0 Å². The highest BCUT2D eigenvalue weighted by molar-refractivity contribution is 6.04. The maximum absolute atomic E-state index is 13.2. The average molecular weight is 378 g/mol. The first kappa shape index (κ1) is 17.3. The molecule has 0 aliphatic carbocycles. The zero-order valence-corrected chi connectivity index (χ0v) is 15.6. The van der Waals surface area contributed by atoms with Gasteiger partial charge in [-0.15, -0.1) is 0 Å². The van der Waals surface area contributed by atoms with Gasteiger partial charge in [0.05, 0.1) is 29.0 Å². The monoisotopic (exact) mass is 378 g/mol. The Kier molecular flexibility index (Phi) is 4.33. The molecule has 0 saturated carbocycles. The molecule has 0 saturated heterocycles. The Labute approximate surface area is 168 Å². The van der Waals surface area contributed by atoms with Gasteiger partial charge < -0.3 is 0 Å². The molecule has 1 unspecified atom stereocenters. The number of para-hydroxylation sites is 2. The molecule has 5 heteroatoms. The van der Waals surface area contributed by atoms with Crippen molar-refractivity contribution >= 4 is 22.7 Å². The second kappa shape index (κ2) is 7.28. The third-order valence-corrected chi connectivity index (χ3v) is 5.07. The summed E-state index contributed by atoms with van der Waals surface area (Å²) in [5.74, 6) is -0.122. The van der Waals surface area contributed by atoms with Crippen molar-refractivity contribution < 1.29 is 4.79 Å². The van der Waals surface area contributed by atoms with Crippen LogP contribution >= 0.6 is 0 Å². The summed E-state index contributed by atoms with van der Waals surface area (Å²) < 4.78 is 0. The van der Waals surface area contributed by atoms with Crippen LogP contribution in [-0.2, 0) is 0 Å². The Morgan fingerprint density at radius 1 is 0.828 bits per heavy atom. The molecule has 0 N–H and O–H groups in total. The summed E-state index contributed by atoms with van der Waals surface area (Å²) in [5.41, 5.74) is 4.78. The van der Waals surface area contributed by atoms with Crippen LogP contribution in [0.1, 0.15) is 34.1 Å². The second-order valence-corrected chi connectivity index (χ2v) is 6.94. The van der Waals surface area contributed by atoms with Crippen LogP contribution in [0.5, 0.6) is 0 Å². The van der Waals surface area contributed by atoms with Gasteiger partial charge in [0, 0.05) is 12.0 Å². The van der Waals surface area contributed by atoms with Crippen molar-refractivity contribution in [2.45, 2.75) is 12.5 Å². The predicted octanol–water partition coefficient (Wildman–Crippen LogP) is 4.62. The molecule has 0 spiro atoms. The topological polar surface area (TPSA) is 58.5 Å². The van der Waals surface area contributed by atoms with Crippen molar-refractivity contribution in [3.63, 3.8) is 0 Å². The van der Waals surface area contributed by atoms with Gasteiger partial charge in [-0.05, 0) is 29.8 Å². The van der Waals surface area contributed by atoms with E-state index in [1.165, 1.54) is 0 Å². The highest BCUT2D eigenvalue weighted by atomic mass is 16.2. The average Bonchev–Trinajstić information content (AvgIpc) is 3.25. The molecule has 1 aliphatic rings. The van der Waals surface area contributed by atoms with E-state index in [-0.39, 0.29) is 11.9 Å². The molecule has 1 aliphatic heterocycles. The lowest BCUT2D eigenvalue weighted by Crippen LogP contribution is -2.27. The normalized spacial score (nSPS) is 16.1. The highest BCUT2D eigenvalue weighted by Gasteiger charge is 2.34. The molecule has 140 valence electrons. The van der Waals surface area contributed by atoms with Gasteiger partial charge in [0.2, 0.25) is 0 Å². The van der Waals surface area contributed by atoms with Gasteiger partial charge in [-0.3, -0.25) is 9.78 Å². The molecule has 0 bridgehead atoms. The van der Waals surface area contributed by atoms with Crippen LogP contribution in [0.3, 0.4) is 0 Å². The summed E-state index contributed by atoms with van der Waals surface area (Å²) >= 11 is 0. The van der Waals surface area contributed by atoms with Crippen LogP contribution < -0.4 is 0 Å². The van der Waals surface area contributed by atoms with Gasteiger partial charge in [0.15, 0.2) is 0 Å². The molecular weight excluding hydrogens is 360 g/mol. The molecule has 1 aromatic heterocycles. The summed E-state index contributed by atoms with van der Waals surface area (Å²) in [6.45, 7) is 0. The van der Waals surface area contributed by atoms with Crippen LogP contribution in [0.4, 0.5) is 0 Å². The van der Waals surface area contributed by atoms with E-state index in [1.807, 2.05) is 84.9 Å². The Morgan fingerprint density at radius 3 is 2.24 bits per heavy atom. The lowest BCUT2D eigenvalue weighted by Gasteiger charge is -2.22. The van der Waals surface area contributed by atoms with E-state index in [0.717, 1.165) is 22.3 Å². The smallest absolute Gasteiger partial charge is 0.267 e. The lowest BCUT2D eigenvalue weighted by molar-refractivity contribution is 0.0711. The van der Waals surface area contributed by atoms with E-state index in [1.54, 1.807) is 11.2 Å². The minimum atomic E-state index is -0.174. The van der Waals surface area contributed by atoms with Crippen LogP contribution in [0, 0.1) is 0 Å². The van der Waals surface area contributed by atoms with E-state index in [0.29, 0.717) is 17.7 Å². The number of carbonyl (C=O) groups excluding carboxylic acids is 1. The van der Waals surface area contributed by atoms with Gasteiger partial charge in [0.1, 0.15) is 5.69 Å². The Bertz CT molecular complexity index is 1210. The number of carbonyl (C=O) groups is 1. The van der Waals surface area contributed by atoms with Crippen molar-refractivity contribution in [2.75, 3.05) is 0 Å². The van der Waals surface area contributed by atoms with E-state index in [9.17, 15) is 4.79 Å². The van der Waals surface area contributed by atoms with E-state index in [2.05, 4.69) is 4.98 Å². The Morgan fingerprint density at radius 2 is 1.48 bits per heavy atom. The van der Waals surface area contributed by atoms with Gasteiger partial charge in [-0.1, -0.05) is 60.7 Å². The fourth-order valence-electron chi connectivity index (χ4n) is 3.60. The molecule has 1 atom stereocenters. The maximum atomic E-state index is 13.2. The largest absolute Gasteiger partial charge is 0.274 e. The van der Waals surface area contributed by atoms with Crippen molar-refractivity contribution in [3.8, 4) is 0 Å². The first-order chi connectivity index (χ1) is 14.3. The summed E-state index contributed by atoms with van der Waals surface area (Å²) in [4.78, 5) is 22.4. The first-order valence-corrected chi connectivity index (χ1v) is 9.53. The van der Waals surface area contributed by atoms with Gasteiger partial charge in [-0.2, -0.15) is 5.10 Å². The number of hydrogen-bond donors (Lipinski definition) is 0. The second-order valence-electron chi connectivity index (χ2n) is 6.94. The maximum Gasteiger partial charge on any atom is 0.274 e. The van der Waals surface area contributed by atoms with E-state index >= 15 is 0 Å². The van der Waals surface area contributed by atoms with Gasteiger partial charge in [-0.25, -0.2) is 9.99 Å². The van der Waals surface area contributed by atoms with Gasteiger partial charge >= 0.3 is 0 Å². The molecule has 5 nitrogen and oxygen atoms in total. The fourth-order valence-corrected chi connectivity index (χ4v) is 3.60. The van der Waals surface area contributed by atoms with Crippen molar-refractivity contribution in [2.24, 2.45) is 5.10 Å². The van der Waals surface area contributed by atoms with Crippen LogP contribution in [0.15, 0.2) is 96.2 Å². The Hall–Kier alpha value is -3.86. The molecular formula is C24H18N4O. The molecule has 29 heavy (non-hydrogen) atoms. The summed E-state index contributed by atoms with van der Waals surface area (Å²) in [5, 5.41) is 6.28. The zero-order chi connectivity index (χ0) is 19.6. The number of aromatic nitrogens is 2. The number of hydrogen-bond acceptors (Lipinski definition) is 4. The number of nitrogens with zero attached hydrogens (tertiary/aromatic N) is 4. The van der Waals surface area contributed by atoms with Crippen LogP contribution in [-0.4, -0.2) is 26.6 Å². The third kappa shape index (κ3) is 3.27. The molecule has 4 aromatic rings. The summed E-state index contributed by atoms with van der Waals surface area (Å²) in [7, 11) is 0. The van der Waals surface area contributed by atoms with E-state index < -0.39 is 0 Å². The minimum Gasteiger partial charge on any atom is -0.267 e. The SMILES string of the molecule is O=C(c1ccccc1)N1N=C(c2cnc3ccccc3n2)CC1c1ccccc1. The number of hydrazone groups is 1. The quantitative estimate of drug-likeness (QED) is 0.523. The van der Waals surface area contributed by atoms with Crippen LogP contribution in [0.25, 0.3) is 11.0 Å². The molecule has 5 rings (SSSR count). The summed E-state index contributed by atoms with van der Waals surface area (Å²) in [6.07, 6.45) is 2.33. The molecule has 2 heterocycles. The van der Waals surface area contributed by atoms with Gasteiger partial charge in [0.25, 0.3) is 5.91 Å². The zero-order valence-electron chi connectivity index (χ0n) is 15.6. The highest BCUT2D eigenvalue weighted by Crippen LogP contribution is 2.33. The fraction of sp³-hybridized carbons (Fsp3) is 0.0833. The standard InChI is InChI=1S/C24H18N4O/c29-24(18-11-5-2-6-12-18)28-23(17-9-3-1-4-10-17)15-21(27-28)22-16-25-19-13-7-8-14-20(19)26-22/h1-14,16,23H,15H2. The van der Waals surface area contributed by atoms with Crippen LogP contribution in [0.2, 0.25) is 0 Å². The predicted molar refractivity (Wildman–Crippen MR) is 112 cm³/mol. The van der Waals surface area contributed by atoms with E-state index in [4.69, 9.17) is 10.1 Å². The third-order valence-electron chi connectivity index (χ3n) is 5.07. The molecule has 3 aromatic carbocycles. The molecule has 0 fully saturated rings. The number of benzene rings is 3. The molecule has 1 amide bonds. The lowest BCUT2D eigenvalue weighted by atomic mass is 10.0.